The maximum absolute atomic E-state index is 12.8. The van der Waals surface area contributed by atoms with Crippen molar-refractivity contribution < 1.29 is 16.8 Å². The molecule has 1 aromatic carbocycles. The molecule has 0 aliphatic carbocycles. The van der Waals surface area contributed by atoms with Gasteiger partial charge in [-0.05, 0) is 36.5 Å². The fraction of sp³-hybridized carbons (Fsp3) is 0.500. The number of aromatic nitrogens is 2. The molecule has 0 radical (unpaired) electrons. The van der Waals surface area contributed by atoms with Crippen LogP contribution in [0.1, 0.15) is 44.5 Å². The summed E-state index contributed by atoms with van der Waals surface area (Å²) in [5, 5.41) is 4.31. The summed E-state index contributed by atoms with van der Waals surface area (Å²) in [5.74, 6) is 0.356. The van der Waals surface area contributed by atoms with E-state index in [1.54, 1.807) is 37.3 Å². The summed E-state index contributed by atoms with van der Waals surface area (Å²) < 4.78 is 53.2. The number of aryl methyl sites for hydroxylation is 1. The highest BCUT2D eigenvalue weighted by molar-refractivity contribution is 7.92. The Balaban J connectivity index is 1.89. The van der Waals surface area contributed by atoms with Gasteiger partial charge in [0, 0.05) is 6.07 Å². The van der Waals surface area contributed by atoms with Gasteiger partial charge >= 0.3 is 0 Å². The number of sulfone groups is 1. The number of benzene rings is 1. The minimum Gasteiger partial charge on any atom is -0.264 e. The highest BCUT2D eigenvalue weighted by Crippen LogP contribution is 2.29. The molecule has 27 heavy (non-hydrogen) atoms. The summed E-state index contributed by atoms with van der Waals surface area (Å²) in [4.78, 5) is 0.153. The summed E-state index contributed by atoms with van der Waals surface area (Å²) in [6.07, 6.45) is 0.429. The van der Waals surface area contributed by atoms with Gasteiger partial charge in [0.2, 0.25) is 0 Å². The first-order valence-electron chi connectivity index (χ1n) is 8.77. The normalized spacial score (nSPS) is 19.9. The van der Waals surface area contributed by atoms with E-state index < -0.39 is 19.9 Å². The Bertz CT molecular complexity index is 1050. The minimum absolute atomic E-state index is 0.0247. The number of hydrogen-bond donors (Lipinski definition) is 1. The number of hydrogen-bond acceptors (Lipinski definition) is 5. The Morgan fingerprint density at radius 2 is 1.81 bits per heavy atom. The summed E-state index contributed by atoms with van der Waals surface area (Å²) in [5.41, 5.74) is 1.60. The van der Waals surface area contributed by atoms with Crippen LogP contribution in [0.5, 0.6) is 0 Å². The van der Waals surface area contributed by atoms with Crippen LogP contribution in [0.2, 0.25) is 0 Å². The molecule has 0 spiro atoms. The Morgan fingerprint density at radius 3 is 2.33 bits per heavy atom. The first-order valence-corrected chi connectivity index (χ1v) is 12.1. The van der Waals surface area contributed by atoms with Crippen LogP contribution in [-0.4, -0.2) is 38.1 Å². The zero-order chi connectivity index (χ0) is 20.0. The van der Waals surface area contributed by atoms with Crippen molar-refractivity contribution in [2.45, 2.75) is 50.5 Å². The molecule has 7 nitrogen and oxygen atoms in total. The maximum Gasteiger partial charge on any atom is 0.263 e. The van der Waals surface area contributed by atoms with Gasteiger partial charge in [0.05, 0.1) is 28.1 Å². The molecule has 1 aliphatic heterocycles. The van der Waals surface area contributed by atoms with E-state index in [4.69, 9.17) is 0 Å². The predicted molar refractivity (Wildman–Crippen MR) is 105 cm³/mol. The second-order valence-electron chi connectivity index (χ2n) is 8.05. The first kappa shape index (κ1) is 19.9. The molecule has 9 heteroatoms. The van der Waals surface area contributed by atoms with Crippen molar-refractivity contribution in [1.29, 1.82) is 0 Å². The van der Waals surface area contributed by atoms with Gasteiger partial charge in [-0.2, -0.15) is 5.10 Å². The summed E-state index contributed by atoms with van der Waals surface area (Å²) >= 11 is 0. The Labute approximate surface area is 160 Å². The topological polar surface area (TPSA) is 98.1 Å². The lowest BCUT2D eigenvalue weighted by Crippen LogP contribution is -2.20. The molecule has 1 saturated heterocycles. The van der Waals surface area contributed by atoms with Crippen molar-refractivity contribution in [2.24, 2.45) is 0 Å². The van der Waals surface area contributed by atoms with Crippen molar-refractivity contribution in [3.8, 4) is 0 Å². The van der Waals surface area contributed by atoms with Crippen LogP contribution in [0, 0.1) is 6.92 Å². The third kappa shape index (κ3) is 4.35. The summed E-state index contributed by atoms with van der Waals surface area (Å²) in [7, 11) is -6.91. The molecule has 1 atom stereocenters. The fourth-order valence-electron chi connectivity index (χ4n) is 3.17. The SMILES string of the molecule is Cc1cc(NS(=O)(=O)c2ccc(C(C)(C)C)cc2)n([C@H]2CCS(=O)(=O)C2)n1. The minimum atomic E-state index is -3.80. The molecule has 1 N–H and O–H groups in total. The molecule has 0 bridgehead atoms. The van der Waals surface area contributed by atoms with E-state index in [1.807, 2.05) is 0 Å². The van der Waals surface area contributed by atoms with E-state index in [9.17, 15) is 16.8 Å². The lowest BCUT2D eigenvalue weighted by molar-refractivity contribution is 0.503. The fourth-order valence-corrected chi connectivity index (χ4v) is 5.90. The summed E-state index contributed by atoms with van der Waals surface area (Å²) in [6.45, 7) is 7.93. The molecule has 1 fully saturated rings. The highest BCUT2D eigenvalue weighted by atomic mass is 32.2. The van der Waals surface area contributed by atoms with Crippen molar-refractivity contribution in [3.05, 3.63) is 41.6 Å². The lowest BCUT2D eigenvalue weighted by Gasteiger charge is -2.19. The van der Waals surface area contributed by atoms with Crippen molar-refractivity contribution in [1.82, 2.24) is 9.78 Å². The van der Waals surface area contributed by atoms with Crippen molar-refractivity contribution >= 4 is 25.7 Å². The van der Waals surface area contributed by atoms with Crippen LogP contribution >= 0.6 is 0 Å². The number of rotatable bonds is 4. The Hall–Kier alpha value is -1.87. The summed E-state index contributed by atoms with van der Waals surface area (Å²) in [6, 6.07) is 8.03. The van der Waals surface area contributed by atoms with Gasteiger partial charge in [-0.3, -0.25) is 4.72 Å². The molecule has 3 rings (SSSR count). The molecule has 2 aromatic rings. The van der Waals surface area contributed by atoms with Crippen LogP contribution in [0.4, 0.5) is 5.82 Å². The van der Waals surface area contributed by atoms with E-state index in [-0.39, 0.29) is 33.7 Å². The molecular weight excluding hydrogens is 386 g/mol. The second kappa shape index (κ2) is 6.63. The molecular formula is C18H25N3O4S2. The third-order valence-electron chi connectivity index (χ3n) is 4.68. The van der Waals surface area contributed by atoms with E-state index in [0.29, 0.717) is 12.1 Å². The average Bonchev–Trinajstić information content (AvgIpc) is 3.08. The lowest BCUT2D eigenvalue weighted by atomic mass is 9.87. The van der Waals surface area contributed by atoms with Gasteiger partial charge in [-0.15, -0.1) is 0 Å². The van der Waals surface area contributed by atoms with Crippen molar-refractivity contribution in [2.75, 3.05) is 16.2 Å². The number of nitrogens with zero attached hydrogens (tertiary/aromatic N) is 2. The zero-order valence-corrected chi connectivity index (χ0v) is 17.6. The highest BCUT2D eigenvalue weighted by Gasteiger charge is 2.32. The monoisotopic (exact) mass is 411 g/mol. The quantitative estimate of drug-likeness (QED) is 0.834. The molecule has 0 unspecified atom stereocenters. The molecule has 1 aromatic heterocycles. The van der Waals surface area contributed by atoms with Crippen LogP contribution in [0.25, 0.3) is 0 Å². The van der Waals surface area contributed by atoms with Gasteiger partial charge in [-0.1, -0.05) is 32.9 Å². The standard InChI is InChI=1S/C18H25N3O4S2/c1-13-11-17(21(19-13)15-9-10-26(22,23)12-15)20-27(24,25)16-7-5-14(6-8-16)18(2,3)4/h5-8,11,15,20H,9-10,12H2,1-4H3/t15-/m0/s1. The van der Waals surface area contributed by atoms with Crippen LogP contribution in [0.15, 0.2) is 35.2 Å². The van der Waals surface area contributed by atoms with Gasteiger partial charge in [0.25, 0.3) is 10.0 Å². The molecule has 0 saturated carbocycles. The van der Waals surface area contributed by atoms with Gasteiger partial charge in [-0.25, -0.2) is 21.5 Å². The molecule has 2 heterocycles. The first-order chi connectivity index (χ1) is 12.4. The van der Waals surface area contributed by atoms with Crippen LogP contribution in [-0.2, 0) is 25.3 Å². The number of anilines is 1. The van der Waals surface area contributed by atoms with Gasteiger partial charge < -0.3 is 0 Å². The largest absolute Gasteiger partial charge is 0.264 e. The van der Waals surface area contributed by atoms with Crippen LogP contribution in [0.3, 0.4) is 0 Å². The van der Waals surface area contributed by atoms with E-state index in [1.165, 1.54) is 4.68 Å². The van der Waals surface area contributed by atoms with Gasteiger partial charge in [0.1, 0.15) is 5.82 Å². The Kier molecular flexibility index (Phi) is 4.88. The maximum atomic E-state index is 12.8. The van der Waals surface area contributed by atoms with E-state index >= 15 is 0 Å². The van der Waals surface area contributed by atoms with Crippen molar-refractivity contribution in [3.63, 3.8) is 0 Å². The second-order valence-corrected chi connectivity index (χ2v) is 12.0. The van der Waals surface area contributed by atoms with Crippen LogP contribution < -0.4 is 4.72 Å². The van der Waals surface area contributed by atoms with E-state index in [2.05, 4.69) is 30.6 Å². The van der Waals surface area contributed by atoms with E-state index in [0.717, 1.165) is 5.56 Å². The smallest absolute Gasteiger partial charge is 0.263 e. The molecule has 1 aliphatic rings. The molecule has 148 valence electrons. The average molecular weight is 412 g/mol. The molecule has 0 amide bonds. The number of nitrogens with one attached hydrogen (secondary N) is 1. The third-order valence-corrected chi connectivity index (χ3v) is 7.80. The number of sulfonamides is 1. The van der Waals surface area contributed by atoms with Gasteiger partial charge in [0.15, 0.2) is 9.84 Å². The predicted octanol–water partition coefficient (Wildman–Crippen LogP) is 2.65. The zero-order valence-electron chi connectivity index (χ0n) is 15.9. The Morgan fingerprint density at radius 1 is 1.19 bits per heavy atom.